The first-order chi connectivity index (χ1) is 13.3. The van der Waals surface area contributed by atoms with Crippen LogP contribution in [0, 0.1) is 0 Å². The monoisotopic (exact) mass is 361 g/mol. The van der Waals surface area contributed by atoms with Gasteiger partial charge < -0.3 is 15.4 Å². The van der Waals surface area contributed by atoms with E-state index in [1.807, 2.05) is 60.7 Å². The minimum absolute atomic E-state index is 0.424. The van der Waals surface area contributed by atoms with E-state index in [1.54, 1.807) is 12.3 Å². The maximum atomic E-state index is 12.9. The molecular weight excluding hydrogens is 338 g/mol. The topological polar surface area (TPSA) is 62.7 Å². The van der Waals surface area contributed by atoms with Gasteiger partial charge in [-0.05, 0) is 23.6 Å². The SMILES string of the molecule is C=CC(OC(=O)C(=CNC1=NCCCN1)c1ccccc1)c1ccccc1. The van der Waals surface area contributed by atoms with Crippen LogP contribution in [0.3, 0.4) is 0 Å². The molecule has 3 rings (SSSR count). The molecule has 2 aromatic carbocycles. The lowest BCUT2D eigenvalue weighted by atomic mass is 10.1. The van der Waals surface area contributed by atoms with E-state index in [1.165, 1.54) is 0 Å². The molecule has 1 atom stereocenters. The molecule has 0 saturated heterocycles. The third kappa shape index (κ3) is 5.07. The molecule has 27 heavy (non-hydrogen) atoms. The van der Waals surface area contributed by atoms with Gasteiger partial charge in [0.05, 0.1) is 5.57 Å². The summed E-state index contributed by atoms with van der Waals surface area (Å²) >= 11 is 0. The number of nitrogens with one attached hydrogen (secondary N) is 2. The highest BCUT2D eigenvalue weighted by molar-refractivity contribution is 6.16. The van der Waals surface area contributed by atoms with Crippen molar-refractivity contribution in [2.24, 2.45) is 4.99 Å². The van der Waals surface area contributed by atoms with Crippen molar-refractivity contribution in [3.05, 3.63) is 90.6 Å². The van der Waals surface area contributed by atoms with Crippen molar-refractivity contribution in [1.29, 1.82) is 0 Å². The van der Waals surface area contributed by atoms with Gasteiger partial charge in [0.25, 0.3) is 0 Å². The lowest BCUT2D eigenvalue weighted by Crippen LogP contribution is -2.38. The van der Waals surface area contributed by atoms with Gasteiger partial charge in [-0.15, -0.1) is 0 Å². The van der Waals surface area contributed by atoms with Gasteiger partial charge in [-0.2, -0.15) is 0 Å². The molecule has 0 bridgehead atoms. The molecule has 5 nitrogen and oxygen atoms in total. The predicted molar refractivity (Wildman–Crippen MR) is 108 cm³/mol. The van der Waals surface area contributed by atoms with E-state index in [9.17, 15) is 4.79 Å². The molecule has 0 spiro atoms. The van der Waals surface area contributed by atoms with Crippen LogP contribution in [0.4, 0.5) is 0 Å². The van der Waals surface area contributed by atoms with Gasteiger partial charge in [-0.1, -0.05) is 67.2 Å². The van der Waals surface area contributed by atoms with Gasteiger partial charge in [-0.25, -0.2) is 4.79 Å². The van der Waals surface area contributed by atoms with Crippen LogP contribution in [0.2, 0.25) is 0 Å². The Kier molecular flexibility index (Phi) is 6.41. The number of aliphatic imine (C=N–C) groups is 1. The maximum Gasteiger partial charge on any atom is 0.341 e. The molecule has 138 valence electrons. The number of carbonyl (C=O) groups excluding carboxylic acids is 1. The summed E-state index contributed by atoms with van der Waals surface area (Å²) < 4.78 is 5.72. The van der Waals surface area contributed by atoms with Crippen molar-refractivity contribution in [3.63, 3.8) is 0 Å². The largest absolute Gasteiger partial charge is 0.450 e. The van der Waals surface area contributed by atoms with Crippen molar-refractivity contribution in [3.8, 4) is 0 Å². The van der Waals surface area contributed by atoms with Gasteiger partial charge >= 0.3 is 5.97 Å². The molecule has 2 N–H and O–H groups in total. The van der Waals surface area contributed by atoms with Crippen LogP contribution in [-0.2, 0) is 9.53 Å². The minimum atomic E-state index is -0.518. The predicted octanol–water partition coefficient (Wildman–Crippen LogP) is 3.44. The van der Waals surface area contributed by atoms with Crippen molar-refractivity contribution in [2.75, 3.05) is 13.1 Å². The van der Waals surface area contributed by atoms with Crippen molar-refractivity contribution in [1.82, 2.24) is 10.6 Å². The number of guanidine groups is 1. The number of carbonyl (C=O) groups is 1. The summed E-state index contributed by atoms with van der Waals surface area (Å²) in [5.41, 5.74) is 2.07. The Bertz CT molecular complexity index is 829. The minimum Gasteiger partial charge on any atom is -0.450 e. The number of esters is 1. The standard InChI is InChI=1S/C22H23N3O2/c1-2-20(18-12-7-4-8-13-18)27-21(26)19(17-10-5-3-6-11-17)16-25-22-23-14-9-15-24-22/h2-8,10-13,16,20H,1,9,14-15H2,(H2,23,24,25). The number of hydrogen-bond acceptors (Lipinski definition) is 5. The fraction of sp³-hybridized carbons (Fsp3) is 0.182. The Morgan fingerprint density at radius 3 is 2.48 bits per heavy atom. The molecule has 0 amide bonds. The first-order valence-corrected chi connectivity index (χ1v) is 8.97. The summed E-state index contributed by atoms with van der Waals surface area (Å²) in [6.07, 6.45) is 3.74. The maximum absolute atomic E-state index is 12.9. The van der Waals surface area contributed by atoms with E-state index in [-0.39, 0.29) is 0 Å². The molecule has 0 fully saturated rings. The molecule has 0 aliphatic carbocycles. The quantitative estimate of drug-likeness (QED) is 0.470. The zero-order valence-electron chi connectivity index (χ0n) is 15.1. The van der Waals surface area contributed by atoms with Crippen LogP contribution >= 0.6 is 0 Å². The van der Waals surface area contributed by atoms with Gasteiger partial charge in [-0.3, -0.25) is 4.99 Å². The normalized spacial score (nSPS) is 15.1. The van der Waals surface area contributed by atoms with Crippen molar-refractivity contribution in [2.45, 2.75) is 12.5 Å². The van der Waals surface area contributed by atoms with E-state index in [0.29, 0.717) is 11.5 Å². The number of benzene rings is 2. The van der Waals surface area contributed by atoms with E-state index in [0.717, 1.165) is 30.6 Å². The molecule has 1 unspecified atom stereocenters. The average molecular weight is 361 g/mol. The molecule has 5 heteroatoms. The first kappa shape index (κ1) is 18.5. The highest BCUT2D eigenvalue weighted by Crippen LogP contribution is 2.23. The van der Waals surface area contributed by atoms with Crippen LogP contribution in [0.5, 0.6) is 0 Å². The Labute approximate surface area is 159 Å². The molecule has 1 aliphatic rings. The summed E-state index contributed by atoms with van der Waals surface area (Å²) in [5, 5.41) is 6.25. The Balaban J connectivity index is 1.82. The van der Waals surface area contributed by atoms with Gasteiger partial charge in [0.2, 0.25) is 0 Å². The van der Waals surface area contributed by atoms with Crippen LogP contribution in [0.15, 0.2) is 84.5 Å². The molecule has 0 aromatic heterocycles. The summed E-state index contributed by atoms with van der Waals surface area (Å²) in [5.74, 6) is 0.227. The van der Waals surface area contributed by atoms with E-state index >= 15 is 0 Å². The number of ether oxygens (including phenoxy) is 1. The van der Waals surface area contributed by atoms with Crippen LogP contribution in [0.25, 0.3) is 5.57 Å². The van der Waals surface area contributed by atoms with Crippen LogP contribution < -0.4 is 10.6 Å². The Morgan fingerprint density at radius 1 is 1.15 bits per heavy atom. The zero-order valence-corrected chi connectivity index (χ0v) is 15.1. The van der Waals surface area contributed by atoms with E-state index in [2.05, 4.69) is 22.2 Å². The molecule has 1 aliphatic heterocycles. The zero-order chi connectivity index (χ0) is 18.9. The van der Waals surface area contributed by atoms with Gasteiger partial charge in [0.1, 0.15) is 6.10 Å². The number of rotatable bonds is 6. The highest BCUT2D eigenvalue weighted by atomic mass is 16.5. The second-order valence-corrected chi connectivity index (χ2v) is 6.05. The van der Waals surface area contributed by atoms with E-state index in [4.69, 9.17) is 4.74 Å². The Morgan fingerprint density at radius 2 is 1.85 bits per heavy atom. The van der Waals surface area contributed by atoms with Crippen LogP contribution in [-0.4, -0.2) is 25.0 Å². The summed E-state index contributed by atoms with van der Waals surface area (Å²) in [7, 11) is 0. The molecule has 0 saturated carbocycles. The fourth-order valence-electron chi connectivity index (χ4n) is 2.72. The molecule has 2 aromatic rings. The van der Waals surface area contributed by atoms with Gasteiger partial charge in [0.15, 0.2) is 5.96 Å². The molecule has 0 radical (unpaired) electrons. The lowest BCUT2D eigenvalue weighted by Gasteiger charge is -2.17. The number of hydrogen-bond donors (Lipinski definition) is 2. The van der Waals surface area contributed by atoms with Crippen molar-refractivity contribution >= 4 is 17.5 Å². The smallest absolute Gasteiger partial charge is 0.341 e. The molecule has 1 heterocycles. The van der Waals surface area contributed by atoms with Gasteiger partial charge in [0, 0.05) is 19.3 Å². The van der Waals surface area contributed by atoms with Crippen molar-refractivity contribution < 1.29 is 9.53 Å². The third-order valence-corrected chi connectivity index (χ3v) is 4.13. The summed E-state index contributed by atoms with van der Waals surface area (Å²) in [6.45, 7) is 5.42. The Hall–Kier alpha value is -3.34. The first-order valence-electron chi connectivity index (χ1n) is 8.97. The highest BCUT2D eigenvalue weighted by Gasteiger charge is 2.19. The second-order valence-electron chi connectivity index (χ2n) is 6.05. The van der Waals surface area contributed by atoms with E-state index < -0.39 is 12.1 Å². The lowest BCUT2D eigenvalue weighted by molar-refractivity contribution is -0.140. The van der Waals surface area contributed by atoms with Crippen LogP contribution in [0.1, 0.15) is 23.7 Å². The number of nitrogens with zero attached hydrogens (tertiary/aromatic N) is 1. The third-order valence-electron chi connectivity index (χ3n) is 4.13. The fourth-order valence-corrected chi connectivity index (χ4v) is 2.72. The summed E-state index contributed by atoms with van der Waals surface area (Å²) in [4.78, 5) is 17.3. The second kappa shape index (κ2) is 9.38. The summed E-state index contributed by atoms with van der Waals surface area (Å²) in [6, 6.07) is 19.0. The molecular formula is C22H23N3O2. The average Bonchev–Trinajstić information content (AvgIpc) is 2.74.